The normalized spacial score (nSPS) is 12.9. The van der Waals surface area contributed by atoms with Gasteiger partial charge in [0.15, 0.2) is 6.10 Å². The molecule has 0 heterocycles. The Kier molecular flexibility index (Phi) is 6.48. The van der Waals surface area contributed by atoms with Gasteiger partial charge in [-0.25, -0.2) is 4.79 Å². The van der Waals surface area contributed by atoms with Gasteiger partial charge in [-0.2, -0.15) is 0 Å². The number of esters is 2. The summed E-state index contributed by atoms with van der Waals surface area (Å²) in [4.78, 5) is 23.8. The lowest BCUT2D eigenvalue weighted by molar-refractivity contribution is -0.167. The highest BCUT2D eigenvalue weighted by Gasteiger charge is 2.27. The first-order valence-electron chi connectivity index (χ1n) is 6.87. The number of benzene rings is 1. The summed E-state index contributed by atoms with van der Waals surface area (Å²) in [6.45, 7) is 5.33. The predicted octanol–water partition coefficient (Wildman–Crippen LogP) is 2.60. The van der Waals surface area contributed by atoms with Crippen molar-refractivity contribution in [3.8, 4) is 12.3 Å². The monoisotopic (exact) mass is 288 g/mol. The van der Waals surface area contributed by atoms with Crippen molar-refractivity contribution in [2.75, 3.05) is 6.61 Å². The van der Waals surface area contributed by atoms with Crippen LogP contribution in [0.1, 0.15) is 37.3 Å². The SMILES string of the molecule is C#CCC(C(=O)OC(C)C(=O)OCC)c1ccccc1C. The summed E-state index contributed by atoms with van der Waals surface area (Å²) in [5, 5.41) is 0. The Labute approximate surface area is 125 Å². The molecule has 1 aromatic carbocycles. The number of carbonyl (C=O) groups is 2. The Morgan fingerprint density at radius 1 is 1.29 bits per heavy atom. The molecule has 0 fully saturated rings. The third-order valence-corrected chi connectivity index (χ3v) is 3.08. The number of hydrogen-bond donors (Lipinski definition) is 0. The van der Waals surface area contributed by atoms with Gasteiger partial charge < -0.3 is 9.47 Å². The van der Waals surface area contributed by atoms with E-state index in [0.717, 1.165) is 11.1 Å². The second-order valence-corrected chi connectivity index (χ2v) is 4.65. The molecule has 2 atom stereocenters. The van der Waals surface area contributed by atoms with Gasteiger partial charge in [-0.05, 0) is 31.9 Å². The van der Waals surface area contributed by atoms with E-state index in [-0.39, 0.29) is 13.0 Å². The minimum Gasteiger partial charge on any atom is -0.463 e. The van der Waals surface area contributed by atoms with Gasteiger partial charge in [-0.1, -0.05) is 24.3 Å². The highest BCUT2D eigenvalue weighted by molar-refractivity contribution is 5.83. The van der Waals surface area contributed by atoms with Crippen molar-refractivity contribution >= 4 is 11.9 Å². The molecule has 0 spiro atoms. The van der Waals surface area contributed by atoms with Gasteiger partial charge in [0.2, 0.25) is 0 Å². The van der Waals surface area contributed by atoms with Crippen LogP contribution in [-0.2, 0) is 19.1 Å². The van der Waals surface area contributed by atoms with E-state index in [1.165, 1.54) is 6.92 Å². The minimum atomic E-state index is -0.943. The van der Waals surface area contributed by atoms with Crippen LogP contribution in [0.2, 0.25) is 0 Å². The third kappa shape index (κ3) is 4.64. The summed E-state index contributed by atoms with van der Waals surface area (Å²) in [7, 11) is 0. The fourth-order valence-electron chi connectivity index (χ4n) is 1.98. The molecular formula is C17H20O4. The van der Waals surface area contributed by atoms with Crippen molar-refractivity contribution in [3.63, 3.8) is 0 Å². The molecule has 0 aromatic heterocycles. The second kappa shape index (κ2) is 8.11. The molecule has 0 aliphatic heterocycles. The molecule has 2 unspecified atom stereocenters. The van der Waals surface area contributed by atoms with Crippen LogP contribution in [0.25, 0.3) is 0 Å². The summed E-state index contributed by atoms with van der Waals surface area (Å²) >= 11 is 0. The van der Waals surface area contributed by atoms with E-state index in [2.05, 4.69) is 5.92 Å². The van der Waals surface area contributed by atoms with Gasteiger partial charge in [0.05, 0.1) is 12.5 Å². The molecule has 0 bridgehead atoms. The van der Waals surface area contributed by atoms with Crippen molar-refractivity contribution in [3.05, 3.63) is 35.4 Å². The van der Waals surface area contributed by atoms with Crippen molar-refractivity contribution in [2.45, 2.75) is 39.2 Å². The number of aryl methyl sites for hydroxylation is 1. The molecule has 0 N–H and O–H groups in total. The Hall–Kier alpha value is -2.28. The smallest absolute Gasteiger partial charge is 0.347 e. The zero-order chi connectivity index (χ0) is 15.8. The van der Waals surface area contributed by atoms with Crippen molar-refractivity contribution in [2.24, 2.45) is 0 Å². The van der Waals surface area contributed by atoms with Gasteiger partial charge >= 0.3 is 11.9 Å². The van der Waals surface area contributed by atoms with Crippen LogP contribution in [0.3, 0.4) is 0 Å². The number of terminal acetylenes is 1. The lowest BCUT2D eigenvalue weighted by atomic mass is 9.92. The van der Waals surface area contributed by atoms with E-state index in [0.29, 0.717) is 0 Å². The molecule has 0 saturated carbocycles. The first-order valence-corrected chi connectivity index (χ1v) is 6.87. The maximum Gasteiger partial charge on any atom is 0.347 e. The maximum atomic E-state index is 12.3. The molecule has 21 heavy (non-hydrogen) atoms. The van der Waals surface area contributed by atoms with Gasteiger partial charge in [0.1, 0.15) is 0 Å². The molecule has 0 aliphatic rings. The predicted molar refractivity (Wildman–Crippen MR) is 79.6 cm³/mol. The third-order valence-electron chi connectivity index (χ3n) is 3.08. The molecule has 112 valence electrons. The average molecular weight is 288 g/mol. The number of rotatable bonds is 6. The Morgan fingerprint density at radius 3 is 2.52 bits per heavy atom. The van der Waals surface area contributed by atoms with Crippen molar-refractivity contribution < 1.29 is 19.1 Å². The topological polar surface area (TPSA) is 52.6 Å². The Bertz CT molecular complexity index is 542. The van der Waals surface area contributed by atoms with Crippen molar-refractivity contribution in [1.82, 2.24) is 0 Å². The summed E-state index contributed by atoms with van der Waals surface area (Å²) in [5.74, 6) is 0.838. The minimum absolute atomic E-state index is 0.221. The molecule has 4 heteroatoms. The van der Waals surface area contributed by atoms with Crippen LogP contribution in [0, 0.1) is 19.3 Å². The molecular weight excluding hydrogens is 268 g/mol. The fourth-order valence-corrected chi connectivity index (χ4v) is 1.98. The van der Waals surface area contributed by atoms with Gasteiger partial charge in [0.25, 0.3) is 0 Å². The van der Waals surface area contributed by atoms with Crippen LogP contribution < -0.4 is 0 Å². The Balaban J connectivity index is 2.87. The second-order valence-electron chi connectivity index (χ2n) is 4.65. The van der Waals surface area contributed by atoms with Crippen LogP contribution in [0.5, 0.6) is 0 Å². The molecule has 0 aliphatic carbocycles. The molecule has 0 amide bonds. The Morgan fingerprint density at radius 2 is 1.95 bits per heavy atom. The van der Waals surface area contributed by atoms with Crippen molar-refractivity contribution in [1.29, 1.82) is 0 Å². The lowest BCUT2D eigenvalue weighted by Gasteiger charge is -2.19. The van der Waals surface area contributed by atoms with Crippen LogP contribution in [0.15, 0.2) is 24.3 Å². The maximum absolute atomic E-state index is 12.3. The first kappa shape index (κ1) is 16.8. The highest BCUT2D eigenvalue weighted by atomic mass is 16.6. The number of carbonyl (C=O) groups excluding carboxylic acids is 2. The fraction of sp³-hybridized carbons (Fsp3) is 0.412. The van der Waals surface area contributed by atoms with Gasteiger partial charge in [-0.3, -0.25) is 4.79 Å². The zero-order valence-electron chi connectivity index (χ0n) is 12.6. The lowest BCUT2D eigenvalue weighted by Crippen LogP contribution is -2.29. The quantitative estimate of drug-likeness (QED) is 0.596. The molecule has 4 nitrogen and oxygen atoms in total. The molecule has 0 saturated heterocycles. The van der Waals surface area contributed by atoms with Crippen LogP contribution in [-0.4, -0.2) is 24.6 Å². The molecule has 1 aromatic rings. The summed E-state index contributed by atoms with van der Waals surface area (Å²) in [6, 6.07) is 7.47. The van der Waals surface area contributed by atoms with E-state index < -0.39 is 24.0 Å². The standard InChI is InChI=1S/C17H20O4/c1-5-9-15(14-11-8-7-10-12(14)3)17(19)21-13(4)16(18)20-6-2/h1,7-8,10-11,13,15H,6,9H2,2-4H3. The van der Waals surface area contributed by atoms with Crippen LogP contribution in [0.4, 0.5) is 0 Å². The van der Waals surface area contributed by atoms with E-state index in [4.69, 9.17) is 15.9 Å². The van der Waals surface area contributed by atoms with E-state index >= 15 is 0 Å². The first-order chi connectivity index (χ1) is 10.0. The largest absolute Gasteiger partial charge is 0.463 e. The summed E-state index contributed by atoms with van der Waals surface area (Å²) < 4.78 is 10.00. The van der Waals surface area contributed by atoms with E-state index in [9.17, 15) is 9.59 Å². The van der Waals surface area contributed by atoms with E-state index in [1.54, 1.807) is 6.92 Å². The zero-order valence-corrected chi connectivity index (χ0v) is 12.6. The van der Waals surface area contributed by atoms with E-state index in [1.807, 2.05) is 31.2 Å². The number of ether oxygens (including phenoxy) is 2. The summed E-state index contributed by atoms with van der Waals surface area (Å²) in [6.07, 6.45) is 4.62. The number of hydrogen-bond acceptors (Lipinski definition) is 4. The molecule has 1 rings (SSSR count). The highest BCUT2D eigenvalue weighted by Crippen LogP contribution is 2.24. The van der Waals surface area contributed by atoms with Gasteiger partial charge in [0, 0.05) is 6.42 Å². The van der Waals surface area contributed by atoms with Crippen LogP contribution >= 0.6 is 0 Å². The van der Waals surface area contributed by atoms with Gasteiger partial charge in [-0.15, -0.1) is 12.3 Å². The molecule has 0 radical (unpaired) electrons. The average Bonchev–Trinajstić information content (AvgIpc) is 2.45. The summed E-state index contributed by atoms with van der Waals surface area (Å²) in [5.41, 5.74) is 1.77.